The van der Waals surface area contributed by atoms with Gasteiger partial charge in [-0.3, -0.25) is 4.79 Å². The molecule has 0 saturated carbocycles. The number of hydrogen-bond donors (Lipinski definition) is 2. The Hall–Kier alpha value is -1.35. The van der Waals surface area contributed by atoms with Gasteiger partial charge in [-0.2, -0.15) is 0 Å². The van der Waals surface area contributed by atoms with Crippen molar-refractivity contribution in [2.24, 2.45) is 11.7 Å². The molecule has 0 heterocycles. The number of carbonyl (C=O) groups is 1. The van der Waals surface area contributed by atoms with Crippen molar-refractivity contribution in [1.82, 2.24) is 0 Å². The Bertz CT molecular complexity index is 335. The predicted octanol–water partition coefficient (Wildman–Crippen LogP) is 0.821. The number of benzene rings is 1. The van der Waals surface area contributed by atoms with Gasteiger partial charge in [0.1, 0.15) is 6.04 Å². The minimum Gasteiger partial charge on any atom is -0.365 e. The third kappa shape index (κ3) is 3.35. The molecule has 0 aromatic heterocycles. The molecule has 0 aliphatic heterocycles. The molecule has 1 aromatic carbocycles. The van der Waals surface area contributed by atoms with Crippen LogP contribution in [0.4, 0.5) is 0 Å². The van der Waals surface area contributed by atoms with E-state index >= 15 is 0 Å². The van der Waals surface area contributed by atoms with Crippen LogP contribution in [-0.2, 0) is 4.79 Å². The molecule has 3 nitrogen and oxygen atoms in total. The third-order valence-electron chi connectivity index (χ3n) is 2.85. The van der Waals surface area contributed by atoms with Crippen molar-refractivity contribution in [2.75, 3.05) is 0 Å². The van der Waals surface area contributed by atoms with Crippen LogP contribution in [0.1, 0.15) is 32.4 Å². The van der Waals surface area contributed by atoms with Crippen LogP contribution in [0, 0.1) is 5.92 Å². The fourth-order valence-corrected chi connectivity index (χ4v) is 1.80. The zero-order chi connectivity index (χ0) is 12.1. The fourth-order valence-electron chi connectivity index (χ4n) is 1.80. The number of amides is 1. The number of nitrogens with two attached hydrogens (primary N) is 2. The molecule has 16 heavy (non-hydrogen) atoms. The highest BCUT2D eigenvalue weighted by Gasteiger charge is 2.23. The summed E-state index contributed by atoms with van der Waals surface area (Å²) in [6, 6.07) is 10.3. The molecule has 3 heteroatoms. The van der Waals surface area contributed by atoms with Crippen molar-refractivity contribution in [1.29, 1.82) is 0 Å². The average Bonchev–Trinajstić information content (AvgIpc) is 2.26. The molecule has 88 valence electrons. The van der Waals surface area contributed by atoms with E-state index in [1.54, 1.807) is 0 Å². The van der Waals surface area contributed by atoms with E-state index in [4.69, 9.17) is 5.73 Å². The number of carbonyl (C=O) groups excluding carboxylic acids is 1. The van der Waals surface area contributed by atoms with Crippen LogP contribution in [0.2, 0.25) is 0 Å². The molecular weight excluding hydrogens is 200 g/mol. The standard InChI is InChI=1S/C13H20N2O/c1-9(2)12(15-10(3)13(14)16)11-7-5-4-6-8-11/h4-10,12,15H,1-3H3,(H2,14,16)/p+1/t10-,12-/m1/s1. The molecule has 1 amide bonds. The van der Waals surface area contributed by atoms with Gasteiger partial charge in [-0.1, -0.05) is 44.2 Å². The Kier molecular flexibility index (Phi) is 4.50. The molecule has 0 fully saturated rings. The molecule has 0 bridgehead atoms. The van der Waals surface area contributed by atoms with Crippen LogP contribution in [0.25, 0.3) is 0 Å². The lowest BCUT2D eigenvalue weighted by atomic mass is 9.95. The lowest BCUT2D eigenvalue weighted by Crippen LogP contribution is -2.93. The van der Waals surface area contributed by atoms with E-state index in [0.717, 1.165) is 0 Å². The second-order valence-electron chi connectivity index (χ2n) is 4.56. The first-order chi connectivity index (χ1) is 7.52. The van der Waals surface area contributed by atoms with Gasteiger partial charge < -0.3 is 11.1 Å². The van der Waals surface area contributed by atoms with Gasteiger partial charge in [-0.15, -0.1) is 0 Å². The van der Waals surface area contributed by atoms with E-state index in [1.807, 2.05) is 30.4 Å². The van der Waals surface area contributed by atoms with Crippen LogP contribution >= 0.6 is 0 Å². The summed E-state index contributed by atoms with van der Waals surface area (Å²) in [5.41, 5.74) is 6.53. The zero-order valence-corrected chi connectivity index (χ0v) is 10.2. The summed E-state index contributed by atoms with van der Waals surface area (Å²) in [4.78, 5) is 11.1. The molecule has 0 radical (unpaired) electrons. The Morgan fingerprint density at radius 2 is 1.75 bits per heavy atom. The quantitative estimate of drug-likeness (QED) is 0.760. The summed E-state index contributed by atoms with van der Waals surface area (Å²) in [5, 5.41) is 2.04. The summed E-state index contributed by atoms with van der Waals surface area (Å²) in [6.07, 6.45) is 0. The second-order valence-corrected chi connectivity index (χ2v) is 4.56. The second kappa shape index (κ2) is 5.66. The van der Waals surface area contributed by atoms with Gasteiger partial charge in [0, 0.05) is 11.5 Å². The molecule has 0 spiro atoms. The highest BCUT2D eigenvalue weighted by molar-refractivity contribution is 5.77. The van der Waals surface area contributed by atoms with E-state index in [0.29, 0.717) is 5.92 Å². The number of rotatable bonds is 5. The van der Waals surface area contributed by atoms with Gasteiger partial charge in [0.05, 0.1) is 0 Å². The average molecular weight is 221 g/mol. The topological polar surface area (TPSA) is 59.7 Å². The van der Waals surface area contributed by atoms with Crippen molar-refractivity contribution in [3.8, 4) is 0 Å². The van der Waals surface area contributed by atoms with Crippen molar-refractivity contribution >= 4 is 5.91 Å². The smallest absolute Gasteiger partial charge is 0.275 e. The zero-order valence-electron chi connectivity index (χ0n) is 10.2. The normalized spacial score (nSPS) is 14.8. The van der Waals surface area contributed by atoms with Crippen LogP contribution in [0.5, 0.6) is 0 Å². The predicted molar refractivity (Wildman–Crippen MR) is 64.6 cm³/mol. The number of primary amides is 1. The summed E-state index contributed by atoms with van der Waals surface area (Å²) in [7, 11) is 0. The molecule has 4 N–H and O–H groups in total. The maximum absolute atomic E-state index is 11.1. The maximum atomic E-state index is 11.1. The summed E-state index contributed by atoms with van der Waals surface area (Å²) in [5.74, 6) is 0.200. The molecule has 0 aliphatic rings. The largest absolute Gasteiger partial charge is 0.365 e. The van der Waals surface area contributed by atoms with E-state index in [-0.39, 0.29) is 18.0 Å². The van der Waals surface area contributed by atoms with Gasteiger partial charge in [0.25, 0.3) is 5.91 Å². The van der Waals surface area contributed by atoms with E-state index < -0.39 is 0 Å². The van der Waals surface area contributed by atoms with Crippen molar-refractivity contribution in [2.45, 2.75) is 32.9 Å². The van der Waals surface area contributed by atoms with Gasteiger partial charge in [-0.25, -0.2) is 0 Å². The van der Waals surface area contributed by atoms with Crippen LogP contribution < -0.4 is 11.1 Å². The Labute approximate surface area is 97.0 Å². The highest BCUT2D eigenvalue weighted by atomic mass is 16.1. The summed E-state index contributed by atoms with van der Waals surface area (Å²) < 4.78 is 0. The Morgan fingerprint density at radius 3 is 2.19 bits per heavy atom. The Morgan fingerprint density at radius 1 is 1.19 bits per heavy atom. The van der Waals surface area contributed by atoms with Crippen molar-refractivity contribution in [3.05, 3.63) is 35.9 Å². The highest BCUT2D eigenvalue weighted by Crippen LogP contribution is 2.17. The first-order valence-electron chi connectivity index (χ1n) is 5.71. The minimum atomic E-state index is -0.262. The summed E-state index contributed by atoms with van der Waals surface area (Å²) in [6.45, 7) is 6.16. The Balaban J connectivity index is 2.81. The van der Waals surface area contributed by atoms with Crippen LogP contribution in [0.3, 0.4) is 0 Å². The molecule has 1 rings (SSSR count). The first-order valence-corrected chi connectivity index (χ1v) is 5.71. The number of hydrogen-bond acceptors (Lipinski definition) is 1. The lowest BCUT2D eigenvalue weighted by molar-refractivity contribution is -0.719. The minimum absolute atomic E-state index is 0.187. The van der Waals surface area contributed by atoms with E-state index in [1.165, 1.54) is 5.56 Å². The van der Waals surface area contributed by atoms with Gasteiger partial charge in [0.15, 0.2) is 6.04 Å². The van der Waals surface area contributed by atoms with Crippen LogP contribution in [0.15, 0.2) is 30.3 Å². The molecular formula is C13H21N2O+. The van der Waals surface area contributed by atoms with Crippen molar-refractivity contribution < 1.29 is 10.1 Å². The van der Waals surface area contributed by atoms with Gasteiger partial charge in [-0.05, 0) is 6.92 Å². The molecule has 1 aromatic rings. The number of quaternary nitrogens is 1. The SMILES string of the molecule is CC(C)[C@@H]([NH2+][C@H](C)C(N)=O)c1ccccc1. The van der Waals surface area contributed by atoms with Gasteiger partial charge >= 0.3 is 0 Å². The molecule has 0 unspecified atom stereocenters. The third-order valence-corrected chi connectivity index (χ3v) is 2.85. The monoisotopic (exact) mass is 221 g/mol. The van der Waals surface area contributed by atoms with Crippen molar-refractivity contribution in [3.63, 3.8) is 0 Å². The molecule has 0 saturated heterocycles. The summed E-state index contributed by atoms with van der Waals surface area (Å²) >= 11 is 0. The lowest BCUT2D eigenvalue weighted by Gasteiger charge is -2.22. The molecule has 0 aliphatic carbocycles. The molecule has 2 atom stereocenters. The fraction of sp³-hybridized carbons (Fsp3) is 0.462. The maximum Gasteiger partial charge on any atom is 0.275 e. The first kappa shape index (κ1) is 12.7. The van der Waals surface area contributed by atoms with Gasteiger partial charge in [0.2, 0.25) is 0 Å². The van der Waals surface area contributed by atoms with Crippen LogP contribution in [-0.4, -0.2) is 11.9 Å². The van der Waals surface area contributed by atoms with E-state index in [9.17, 15) is 4.79 Å². The van der Waals surface area contributed by atoms with E-state index in [2.05, 4.69) is 26.0 Å².